The number of para-hydroxylation sites is 1. The van der Waals surface area contributed by atoms with Crippen molar-refractivity contribution in [2.24, 2.45) is 0 Å². The minimum atomic E-state index is -0.389. The summed E-state index contributed by atoms with van der Waals surface area (Å²) < 4.78 is 0. The normalized spacial score (nSPS) is 12.0. The van der Waals surface area contributed by atoms with Gasteiger partial charge in [-0.2, -0.15) is 0 Å². The second kappa shape index (κ2) is 9.82. The molecule has 0 atom stereocenters. The fourth-order valence-electron chi connectivity index (χ4n) is 3.66. The number of anilines is 2. The van der Waals surface area contributed by atoms with Gasteiger partial charge < -0.3 is 5.32 Å². The van der Waals surface area contributed by atoms with Crippen LogP contribution in [-0.4, -0.2) is 10.7 Å². The lowest BCUT2D eigenvalue weighted by Crippen LogP contribution is -2.02. The molecule has 0 bridgehead atoms. The largest absolute Gasteiger partial charge is 0.354 e. The minimum absolute atomic E-state index is 0.0128. The molecule has 0 aliphatic carbocycles. The number of nitrogens with zero attached hydrogens (tertiary/aromatic N) is 1. The molecule has 1 aliphatic heterocycles. The lowest BCUT2D eigenvalue weighted by molar-refractivity contribution is -0.387. The van der Waals surface area contributed by atoms with E-state index >= 15 is 0 Å². The molecule has 0 amide bonds. The summed E-state index contributed by atoms with van der Waals surface area (Å²) in [6, 6.07) is 26.5. The van der Waals surface area contributed by atoms with E-state index in [2.05, 4.69) is 11.4 Å². The Balaban J connectivity index is 1.34. The first-order valence-corrected chi connectivity index (χ1v) is 12.5. The monoisotopic (exact) mass is 496 g/mol. The van der Waals surface area contributed by atoms with Gasteiger partial charge in [-0.05, 0) is 67.1 Å². The number of allylic oxidation sites excluding steroid dienone is 1. The summed E-state index contributed by atoms with van der Waals surface area (Å²) in [6.45, 7) is 2.00. The number of carbonyl (C=O) groups is 1. The third-order valence-corrected chi connectivity index (χ3v) is 7.72. The van der Waals surface area contributed by atoms with Crippen LogP contribution >= 0.6 is 23.5 Å². The Bertz CT molecular complexity index is 1480. The van der Waals surface area contributed by atoms with E-state index in [-0.39, 0.29) is 16.4 Å². The van der Waals surface area contributed by atoms with Crippen LogP contribution in [0.2, 0.25) is 0 Å². The van der Waals surface area contributed by atoms with Crippen LogP contribution in [-0.2, 0) is 0 Å². The van der Waals surface area contributed by atoms with Crippen molar-refractivity contribution in [2.45, 2.75) is 26.5 Å². The third kappa shape index (κ3) is 5.16. The van der Waals surface area contributed by atoms with Crippen molar-refractivity contribution < 1.29 is 9.72 Å². The summed E-state index contributed by atoms with van der Waals surface area (Å²) in [6.07, 6.45) is 3.07. The number of hydrogen-bond donors (Lipinski definition) is 1. The molecule has 0 spiro atoms. The maximum atomic E-state index is 12.8. The van der Waals surface area contributed by atoms with Crippen molar-refractivity contribution in [3.05, 3.63) is 118 Å². The molecule has 0 unspecified atom stereocenters. The second-order valence-electron chi connectivity index (χ2n) is 8.03. The van der Waals surface area contributed by atoms with E-state index in [1.807, 2.05) is 61.5 Å². The van der Waals surface area contributed by atoms with Crippen molar-refractivity contribution in [2.75, 3.05) is 5.32 Å². The van der Waals surface area contributed by atoms with Crippen LogP contribution in [0.5, 0.6) is 0 Å². The predicted octanol–water partition coefficient (Wildman–Crippen LogP) is 8.16. The van der Waals surface area contributed by atoms with Gasteiger partial charge in [0.25, 0.3) is 5.69 Å². The average Bonchev–Trinajstić information content (AvgIpc) is 2.87. The van der Waals surface area contributed by atoms with Crippen LogP contribution < -0.4 is 5.32 Å². The first-order chi connectivity index (χ1) is 17.0. The van der Waals surface area contributed by atoms with E-state index in [0.29, 0.717) is 16.0 Å². The van der Waals surface area contributed by atoms with Crippen molar-refractivity contribution >= 4 is 52.4 Å². The number of nitro groups is 1. The highest BCUT2D eigenvalue weighted by Crippen LogP contribution is 2.44. The zero-order valence-corrected chi connectivity index (χ0v) is 20.4. The van der Waals surface area contributed by atoms with Crippen LogP contribution in [0, 0.1) is 17.0 Å². The first-order valence-electron chi connectivity index (χ1n) is 10.9. The second-order valence-corrected chi connectivity index (χ2v) is 10.2. The number of rotatable bonds is 6. The maximum absolute atomic E-state index is 12.8. The Morgan fingerprint density at radius 2 is 1.71 bits per heavy atom. The molecule has 0 saturated heterocycles. The lowest BCUT2D eigenvalue weighted by Gasteiger charge is -2.20. The summed E-state index contributed by atoms with van der Waals surface area (Å²) >= 11 is 3.01. The number of benzene rings is 4. The van der Waals surface area contributed by atoms with Crippen molar-refractivity contribution in [3.8, 4) is 0 Å². The summed E-state index contributed by atoms with van der Waals surface area (Å²) in [7, 11) is 0. The number of ketones is 1. The molecule has 5 nitrogen and oxygen atoms in total. The molecule has 5 rings (SSSR count). The van der Waals surface area contributed by atoms with Gasteiger partial charge in [0.15, 0.2) is 5.78 Å². The fraction of sp³-hybridized carbons (Fsp3) is 0.0357. The zero-order chi connectivity index (χ0) is 24.4. The topological polar surface area (TPSA) is 72.2 Å². The van der Waals surface area contributed by atoms with Crippen LogP contribution in [0.15, 0.2) is 111 Å². The van der Waals surface area contributed by atoms with Gasteiger partial charge in [0.05, 0.1) is 21.2 Å². The van der Waals surface area contributed by atoms with Gasteiger partial charge in [-0.3, -0.25) is 14.9 Å². The van der Waals surface area contributed by atoms with E-state index in [1.54, 1.807) is 36.0 Å². The van der Waals surface area contributed by atoms with Gasteiger partial charge in [-0.25, -0.2) is 0 Å². The molecule has 35 heavy (non-hydrogen) atoms. The third-order valence-electron chi connectivity index (χ3n) is 5.50. The zero-order valence-electron chi connectivity index (χ0n) is 18.7. The summed E-state index contributed by atoms with van der Waals surface area (Å²) in [5.74, 6) is -0.167. The van der Waals surface area contributed by atoms with Gasteiger partial charge in [0.2, 0.25) is 0 Å². The fourth-order valence-corrected chi connectivity index (χ4v) is 5.53. The molecular weight excluding hydrogens is 476 g/mol. The van der Waals surface area contributed by atoms with Gasteiger partial charge in [-0.15, -0.1) is 0 Å². The molecule has 0 radical (unpaired) electrons. The highest BCUT2D eigenvalue weighted by molar-refractivity contribution is 8.00. The van der Waals surface area contributed by atoms with E-state index in [4.69, 9.17) is 0 Å². The quantitative estimate of drug-likeness (QED) is 0.111. The molecule has 4 aromatic carbocycles. The van der Waals surface area contributed by atoms with Crippen LogP contribution in [0.4, 0.5) is 17.1 Å². The number of aryl methyl sites for hydroxylation is 1. The highest BCUT2D eigenvalue weighted by Gasteiger charge is 2.17. The molecule has 1 N–H and O–H groups in total. The van der Waals surface area contributed by atoms with Gasteiger partial charge in [0.1, 0.15) is 0 Å². The van der Waals surface area contributed by atoms with Crippen LogP contribution in [0.3, 0.4) is 0 Å². The summed E-state index contributed by atoms with van der Waals surface area (Å²) in [5.41, 5.74) is 4.20. The number of carbonyl (C=O) groups excluding carboxylic acids is 1. The molecule has 1 heterocycles. The molecule has 0 aromatic heterocycles. The summed E-state index contributed by atoms with van der Waals surface area (Å²) in [5, 5.41) is 15.1. The van der Waals surface area contributed by atoms with Gasteiger partial charge >= 0.3 is 0 Å². The predicted molar refractivity (Wildman–Crippen MR) is 142 cm³/mol. The van der Waals surface area contributed by atoms with Gasteiger partial charge in [0, 0.05) is 26.3 Å². The van der Waals surface area contributed by atoms with Crippen molar-refractivity contribution in [3.63, 3.8) is 0 Å². The molecule has 1 aliphatic rings. The Kier molecular flexibility index (Phi) is 6.44. The van der Waals surface area contributed by atoms with E-state index < -0.39 is 0 Å². The Labute approximate surface area is 211 Å². The Morgan fingerprint density at radius 3 is 2.51 bits per heavy atom. The standard InChI is InChI=1S/C28H20N2O3S2/c1-18-6-11-21(12-7-18)34-28-14-9-19(16-24(28)30(32)33)8-13-25(31)20-10-15-27-23(17-20)29-22-4-2-3-5-26(22)35-27/h2-17,29H,1H3/b13-8+. The Hall–Kier alpha value is -3.81. The highest BCUT2D eigenvalue weighted by atomic mass is 32.2. The number of nitrogens with one attached hydrogen (secondary N) is 1. The number of nitro benzene ring substituents is 1. The average molecular weight is 497 g/mol. The van der Waals surface area contributed by atoms with Crippen molar-refractivity contribution in [1.82, 2.24) is 0 Å². The maximum Gasteiger partial charge on any atom is 0.283 e. The van der Waals surface area contributed by atoms with Crippen molar-refractivity contribution in [1.29, 1.82) is 0 Å². The van der Waals surface area contributed by atoms with E-state index in [9.17, 15) is 14.9 Å². The van der Waals surface area contributed by atoms with Crippen LogP contribution in [0.1, 0.15) is 21.5 Å². The SMILES string of the molecule is Cc1ccc(Sc2ccc(/C=C/C(=O)c3ccc4c(c3)Nc3ccccc3S4)cc2[N+](=O)[O-])cc1. The smallest absolute Gasteiger partial charge is 0.283 e. The molecule has 7 heteroatoms. The number of fused-ring (bicyclic) bond motifs is 2. The van der Waals surface area contributed by atoms with Crippen LogP contribution in [0.25, 0.3) is 6.08 Å². The van der Waals surface area contributed by atoms with E-state index in [0.717, 1.165) is 31.6 Å². The van der Waals surface area contributed by atoms with Gasteiger partial charge in [-0.1, -0.05) is 65.5 Å². The molecular formula is C28H20N2O3S2. The molecule has 172 valence electrons. The Morgan fingerprint density at radius 1 is 0.943 bits per heavy atom. The number of hydrogen-bond acceptors (Lipinski definition) is 6. The molecule has 0 saturated carbocycles. The first kappa shape index (κ1) is 23.0. The minimum Gasteiger partial charge on any atom is -0.354 e. The summed E-state index contributed by atoms with van der Waals surface area (Å²) in [4.78, 5) is 27.8. The molecule has 4 aromatic rings. The molecule has 0 fully saturated rings. The lowest BCUT2D eigenvalue weighted by atomic mass is 10.1. The van der Waals surface area contributed by atoms with E-state index in [1.165, 1.54) is 23.9 Å².